The summed E-state index contributed by atoms with van der Waals surface area (Å²) in [4.78, 5) is 49.1. The molecule has 0 saturated heterocycles. The zero-order chi connectivity index (χ0) is 23.1. The standard InChI is InChI=1S/C20H23ClN4O5S/c1-5-30-20(29)15-10(2)16(18(28)23-4)31-19(15)25-14(26)9-24-13-8-11(17(27)22-3)6-7-12(13)21/h6-8,24H,5,9H2,1-4H3,(H,22,27)(H,23,28)(H,25,26). The van der Waals surface area contributed by atoms with E-state index in [1.54, 1.807) is 26.0 Å². The first kappa shape index (κ1) is 24.2. The summed E-state index contributed by atoms with van der Waals surface area (Å²) in [5, 5.41) is 11.1. The summed E-state index contributed by atoms with van der Waals surface area (Å²) in [7, 11) is 2.99. The molecule has 11 heteroatoms. The van der Waals surface area contributed by atoms with Crippen LogP contribution in [0.15, 0.2) is 18.2 Å². The van der Waals surface area contributed by atoms with E-state index in [2.05, 4.69) is 21.3 Å². The van der Waals surface area contributed by atoms with Gasteiger partial charge in [0.2, 0.25) is 5.91 Å². The summed E-state index contributed by atoms with van der Waals surface area (Å²) in [6, 6.07) is 4.63. The molecule has 1 aromatic carbocycles. The van der Waals surface area contributed by atoms with Crippen LogP contribution in [0.4, 0.5) is 10.7 Å². The Balaban J connectivity index is 2.21. The van der Waals surface area contributed by atoms with Crippen LogP contribution >= 0.6 is 22.9 Å². The van der Waals surface area contributed by atoms with Crippen LogP contribution in [-0.4, -0.2) is 50.9 Å². The third-order valence-corrected chi connectivity index (χ3v) is 5.74. The largest absolute Gasteiger partial charge is 0.462 e. The second-order valence-electron chi connectivity index (χ2n) is 6.24. The third-order valence-electron chi connectivity index (χ3n) is 4.21. The number of hydrogen-bond acceptors (Lipinski definition) is 7. The number of anilines is 2. The molecule has 31 heavy (non-hydrogen) atoms. The van der Waals surface area contributed by atoms with Crippen molar-refractivity contribution in [3.63, 3.8) is 0 Å². The Labute approximate surface area is 188 Å². The number of hydrogen-bond donors (Lipinski definition) is 4. The quantitative estimate of drug-likeness (QED) is 0.443. The van der Waals surface area contributed by atoms with Gasteiger partial charge in [0.15, 0.2) is 0 Å². The van der Waals surface area contributed by atoms with E-state index in [0.717, 1.165) is 11.3 Å². The highest BCUT2D eigenvalue weighted by atomic mass is 35.5. The molecule has 1 heterocycles. The van der Waals surface area contributed by atoms with Crippen molar-refractivity contribution in [2.75, 3.05) is 37.9 Å². The summed E-state index contributed by atoms with van der Waals surface area (Å²) >= 11 is 7.12. The van der Waals surface area contributed by atoms with Crippen molar-refractivity contribution >= 4 is 57.3 Å². The van der Waals surface area contributed by atoms with Gasteiger partial charge in [0, 0.05) is 19.7 Å². The molecule has 0 bridgehead atoms. The Bertz CT molecular complexity index is 1020. The highest BCUT2D eigenvalue weighted by Gasteiger charge is 2.26. The maximum absolute atomic E-state index is 12.5. The molecule has 0 fully saturated rings. The van der Waals surface area contributed by atoms with Crippen LogP contribution in [0.5, 0.6) is 0 Å². The Kier molecular flexibility index (Phi) is 8.40. The first-order valence-corrected chi connectivity index (χ1v) is 10.5. The molecule has 0 radical (unpaired) electrons. The molecule has 9 nitrogen and oxygen atoms in total. The van der Waals surface area contributed by atoms with Crippen LogP contribution in [0.1, 0.15) is 42.9 Å². The molecule has 2 rings (SSSR count). The molecule has 0 aliphatic carbocycles. The number of thiophene rings is 1. The van der Waals surface area contributed by atoms with Crippen molar-refractivity contribution in [1.82, 2.24) is 10.6 Å². The van der Waals surface area contributed by atoms with Crippen molar-refractivity contribution in [2.45, 2.75) is 13.8 Å². The van der Waals surface area contributed by atoms with Crippen molar-refractivity contribution in [2.24, 2.45) is 0 Å². The number of carbonyl (C=O) groups is 4. The van der Waals surface area contributed by atoms with Crippen LogP contribution in [0, 0.1) is 6.92 Å². The number of halogens is 1. The highest BCUT2D eigenvalue weighted by molar-refractivity contribution is 7.18. The predicted octanol–water partition coefficient (Wildman–Crippen LogP) is 2.66. The summed E-state index contributed by atoms with van der Waals surface area (Å²) in [6.07, 6.45) is 0. The zero-order valence-electron chi connectivity index (χ0n) is 17.5. The molecule has 0 atom stereocenters. The van der Waals surface area contributed by atoms with Gasteiger partial charge in [-0.3, -0.25) is 14.4 Å². The fourth-order valence-electron chi connectivity index (χ4n) is 2.67. The molecule has 0 aliphatic rings. The Morgan fingerprint density at radius 3 is 2.39 bits per heavy atom. The maximum Gasteiger partial charge on any atom is 0.341 e. The van der Waals surface area contributed by atoms with E-state index in [1.165, 1.54) is 20.2 Å². The number of benzene rings is 1. The lowest BCUT2D eigenvalue weighted by atomic mass is 10.1. The van der Waals surface area contributed by atoms with Gasteiger partial charge in [-0.05, 0) is 37.6 Å². The number of rotatable bonds is 8. The number of carbonyl (C=O) groups excluding carboxylic acids is 4. The summed E-state index contributed by atoms with van der Waals surface area (Å²) in [5.41, 5.74) is 1.34. The molecule has 0 spiro atoms. The van der Waals surface area contributed by atoms with Crippen LogP contribution in [0.3, 0.4) is 0 Å². The van der Waals surface area contributed by atoms with Crippen LogP contribution in [-0.2, 0) is 9.53 Å². The fourth-order valence-corrected chi connectivity index (χ4v) is 4.02. The smallest absolute Gasteiger partial charge is 0.341 e. The van der Waals surface area contributed by atoms with E-state index in [1.807, 2.05) is 0 Å². The minimum atomic E-state index is -0.629. The van der Waals surface area contributed by atoms with Gasteiger partial charge >= 0.3 is 5.97 Å². The van der Waals surface area contributed by atoms with Gasteiger partial charge in [0.1, 0.15) is 5.00 Å². The molecule has 0 aliphatic heterocycles. The van der Waals surface area contributed by atoms with E-state index in [-0.39, 0.29) is 35.5 Å². The van der Waals surface area contributed by atoms with Crippen molar-refractivity contribution in [3.8, 4) is 0 Å². The highest BCUT2D eigenvalue weighted by Crippen LogP contribution is 2.34. The van der Waals surface area contributed by atoms with Gasteiger partial charge in [0.25, 0.3) is 11.8 Å². The molecule has 0 unspecified atom stereocenters. The Morgan fingerprint density at radius 1 is 1.10 bits per heavy atom. The molecule has 2 aromatic rings. The third kappa shape index (κ3) is 5.74. The summed E-state index contributed by atoms with van der Waals surface area (Å²) < 4.78 is 5.06. The molecular weight excluding hydrogens is 444 g/mol. The first-order chi connectivity index (χ1) is 14.7. The molecule has 4 N–H and O–H groups in total. The second-order valence-corrected chi connectivity index (χ2v) is 7.66. The van der Waals surface area contributed by atoms with Crippen molar-refractivity contribution in [1.29, 1.82) is 0 Å². The fraction of sp³-hybridized carbons (Fsp3) is 0.300. The van der Waals surface area contributed by atoms with E-state index < -0.39 is 11.9 Å². The minimum Gasteiger partial charge on any atom is -0.462 e. The Morgan fingerprint density at radius 2 is 1.77 bits per heavy atom. The number of ether oxygens (including phenoxy) is 1. The number of nitrogens with one attached hydrogen (secondary N) is 4. The maximum atomic E-state index is 12.5. The summed E-state index contributed by atoms with van der Waals surface area (Å²) in [5.74, 6) is -1.77. The zero-order valence-corrected chi connectivity index (χ0v) is 19.0. The van der Waals surface area contributed by atoms with E-state index in [4.69, 9.17) is 16.3 Å². The van der Waals surface area contributed by atoms with Gasteiger partial charge in [-0.25, -0.2) is 4.79 Å². The predicted molar refractivity (Wildman–Crippen MR) is 120 cm³/mol. The van der Waals surface area contributed by atoms with Gasteiger partial charge in [-0.1, -0.05) is 11.6 Å². The van der Waals surface area contributed by atoms with Gasteiger partial charge in [-0.2, -0.15) is 0 Å². The van der Waals surface area contributed by atoms with Crippen LogP contribution in [0.2, 0.25) is 5.02 Å². The number of esters is 1. The monoisotopic (exact) mass is 466 g/mol. The van der Waals surface area contributed by atoms with E-state index >= 15 is 0 Å². The van der Waals surface area contributed by atoms with Crippen molar-refractivity contribution < 1.29 is 23.9 Å². The second kappa shape index (κ2) is 10.8. The topological polar surface area (TPSA) is 126 Å². The lowest BCUT2D eigenvalue weighted by Gasteiger charge is -2.11. The van der Waals surface area contributed by atoms with Crippen LogP contribution < -0.4 is 21.3 Å². The molecule has 1 aromatic heterocycles. The average Bonchev–Trinajstić information content (AvgIpc) is 3.07. The molecule has 3 amide bonds. The molecular formula is C20H23ClN4O5S. The minimum absolute atomic E-state index is 0.137. The molecule has 0 saturated carbocycles. The lowest BCUT2D eigenvalue weighted by Crippen LogP contribution is -2.23. The van der Waals surface area contributed by atoms with Crippen LogP contribution in [0.25, 0.3) is 0 Å². The van der Waals surface area contributed by atoms with E-state index in [0.29, 0.717) is 26.7 Å². The lowest BCUT2D eigenvalue weighted by molar-refractivity contribution is -0.114. The first-order valence-electron chi connectivity index (χ1n) is 9.31. The summed E-state index contributed by atoms with van der Waals surface area (Å²) in [6.45, 7) is 3.24. The number of amides is 3. The van der Waals surface area contributed by atoms with Crippen molar-refractivity contribution in [3.05, 3.63) is 44.8 Å². The van der Waals surface area contributed by atoms with E-state index in [9.17, 15) is 19.2 Å². The average molecular weight is 467 g/mol. The van der Waals surface area contributed by atoms with Gasteiger partial charge < -0.3 is 26.0 Å². The Hall–Kier alpha value is -3.11. The van der Waals surface area contributed by atoms with Gasteiger partial charge in [-0.15, -0.1) is 11.3 Å². The SMILES string of the molecule is CCOC(=O)c1c(NC(=O)CNc2cc(C(=O)NC)ccc2Cl)sc(C(=O)NC)c1C. The normalized spacial score (nSPS) is 10.2. The van der Waals surface area contributed by atoms with Gasteiger partial charge in [0.05, 0.1) is 34.3 Å². The molecule has 166 valence electrons.